The van der Waals surface area contributed by atoms with Gasteiger partial charge in [-0.15, -0.1) is 0 Å². The lowest BCUT2D eigenvalue weighted by Gasteiger charge is -2.56. The molecule has 4 saturated carbocycles. The highest BCUT2D eigenvalue weighted by atomic mass is 16.3. The SMILES string of the molecule is N#Cc1cc(C23CC4CC(CC(C4)C2)C3)n(CCO)n1. The number of hydrogen-bond acceptors (Lipinski definition) is 3. The summed E-state index contributed by atoms with van der Waals surface area (Å²) in [6, 6.07) is 4.15. The maximum Gasteiger partial charge on any atom is 0.162 e. The molecule has 4 aliphatic rings. The second-order valence-electron chi connectivity index (χ2n) is 7.17. The van der Waals surface area contributed by atoms with E-state index in [0.717, 1.165) is 17.8 Å². The van der Waals surface area contributed by atoms with E-state index in [1.165, 1.54) is 44.2 Å². The molecule has 20 heavy (non-hydrogen) atoms. The molecular formula is C16H21N3O. The Kier molecular flexibility index (Phi) is 2.68. The molecule has 1 aromatic rings. The summed E-state index contributed by atoms with van der Waals surface area (Å²) in [6.45, 7) is 0.602. The van der Waals surface area contributed by atoms with Crippen molar-refractivity contribution in [2.45, 2.75) is 50.5 Å². The molecule has 4 nitrogen and oxygen atoms in total. The van der Waals surface area contributed by atoms with Crippen LogP contribution in [0.4, 0.5) is 0 Å². The number of aliphatic hydroxyl groups excluding tert-OH is 1. The maximum atomic E-state index is 9.26. The average molecular weight is 271 g/mol. The summed E-state index contributed by atoms with van der Waals surface area (Å²) in [5.41, 5.74) is 1.97. The van der Waals surface area contributed by atoms with Gasteiger partial charge in [0, 0.05) is 11.1 Å². The van der Waals surface area contributed by atoms with Crippen LogP contribution in [0.15, 0.2) is 6.07 Å². The predicted molar refractivity (Wildman–Crippen MR) is 73.9 cm³/mol. The summed E-state index contributed by atoms with van der Waals surface area (Å²) < 4.78 is 1.91. The van der Waals surface area contributed by atoms with E-state index in [0.29, 0.717) is 12.2 Å². The molecular weight excluding hydrogens is 250 g/mol. The van der Waals surface area contributed by atoms with E-state index in [4.69, 9.17) is 5.26 Å². The Labute approximate surface area is 119 Å². The summed E-state index contributed by atoms with van der Waals surface area (Å²) in [5.74, 6) is 2.64. The van der Waals surface area contributed by atoms with Gasteiger partial charge in [0.2, 0.25) is 0 Å². The van der Waals surface area contributed by atoms with Crippen LogP contribution in [-0.4, -0.2) is 21.5 Å². The number of hydrogen-bond donors (Lipinski definition) is 1. The molecule has 0 spiro atoms. The minimum Gasteiger partial charge on any atom is -0.394 e. The lowest BCUT2D eigenvalue weighted by Crippen LogP contribution is -2.49. The molecule has 0 unspecified atom stereocenters. The standard InChI is InChI=1S/C16H21N3O/c17-10-14-6-15(19(18-14)1-2-20)16-7-11-3-12(8-16)5-13(4-11)9-16/h6,11-13,20H,1-5,7-9H2. The zero-order valence-electron chi connectivity index (χ0n) is 11.8. The van der Waals surface area contributed by atoms with Crippen LogP contribution in [0.1, 0.15) is 49.9 Å². The van der Waals surface area contributed by atoms with Gasteiger partial charge in [0.05, 0.1) is 13.2 Å². The molecule has 4 fully saturated rings. The van der Waals surface area contributed by atoms with Crippen molar-refractivity contribution in [3.05, 3.63) is 17.5 Å². The van der Waals surface area contributed by atoms with Gasteiger partial charge in [-0.25, -0.2) is 0 Å². The number of nitriles is 1. The molecule has 0 aromatic carbocycles. The Hall–Kier alpha value is -1.34. The summed E-state index contributed by atoms with van der Waals surface area (Å²) in [7, 11) is 0. The van der Waals surface area contributed by atoms with Crippen molar-refractivity contribution in [2.75, 3.05) is 6.61 Å². The first kappa shape index (κ1) is 12.4. The molecule has 4 bridgehead atoms. The van der Waals surface area contributed by atoms with E-state index >= 15 is 0 Å². The maximum absolute atomic E-state index is 9.26. The fraction of sp³-hybridized carbons (Fsp3) is 0.750. The van der Waals surface area contributed by atoms with E-state index in [2.05, 4.69) is 11.2 Å². The van der Waals surface area contributed by atoms with Crippen molar-refractivity contribution >= 4 is 0 Å². The molecule has 4 aliphatic carbocycles. The molecule has 0 amide bonds. The fourth-order valence-electron chi connectivity index (χ4n) is 5.59. The highest BCUT2D eigenvalue weighted by Crippen LogP contribution is 2.60. The van der Waals surface area contributed by atoms with Crippen molar-refractivity contribution in [3.63, 3.8) is 0 Å². The Bertz CT molecular complexity index is 533. The van der Waals surface area contributed by atoms with E-state index in [1.807, 2.05) is 10.7 Å². The normalized spacial score (nSPS) is 38.1. The Morgan fingerprint density at radius 3 is 2.35 bits per heavy atom. The molecule has 0 saturated heterocycles. The van der Waals surface area contributed by atoms with Gasteiger partial charge in [0.1, 0.15) is 6.07 Å². The molecule has 5 rings (SSSR count). The van der Waals surface area contributed by atoms with Crippen LogP contribution in [0.2, 0.25) is 0 Å². The van der Waals surface area contributed by atoms with Crippen molar-refractivity contribution in [3.8, 4) is 6.07 Å². The molecule has 1 N–H and O–H groups in total. The van der Waals surface area contributed by atoms with Crippen LogP contribution >= 0.6 is 0 Å². The molecule has 1 aromatic heterocycles. The first-order valence-corrected chi connectivity index (χ1v) is 7.82. The summed E-state index contributed by atoms with van der Waals surface area (Å²) in [5, 5.41) is 22.8. The van der Waals surface area contributed by atoms with Crippen LogP contribution in [-0.2, 0) is 12.0 Å². The van der Waals surface area contributed by atoms with Crippen LogP contribution in [0.5, 0.6) is 0 Å². The third-order valence-corrected chi connectivity index (χ3v) is 5.79. The number of rotatable bonds is 3. The lowest BCUT2D eigenvalue weighted by molar-refractivity contribution is -0.00961. The summed E-state index contributed by atoms with van der Waals surface area (Å²) in [4.78, 5) is 0. The second-order valence-corrected chi connectivity index (χ2v) is 7.17. The zero-order valence-corrected chi connectivity index (χ0v) is 11.8. The molecule has 4 heteroatoms. The molecule has 106 valence electrons. The Balaban J connectivity index is 1.76. The van der Waals surface area contributed by atoms with Crippen molar-refractivity contribution in [1.82, 2.24) is 9.78 Å². The smallest absolute Gasteiger partial charge is 0.162 e. The van der Waals surface area contributed by atoms with Gasteiger partial charge in [0.15, 0.2) is 5.69 Å². The minimum atomic E-state index is 0.0892. The van der Waals surface area contributed by atoms with Crippen LogP contribution in [0.3, 0.4) is 0 Å². The number of nitrogens with zero attached hydrogens (tertiary/aromatic N) is 3. The largest absolute Gasteiger partial charge is 0.394 e. The van der Waals surface area contributed by atoms with Crippen LogP contribution < -0.4 is 0 Å². The van der Waals surface area contributed by atoms with Gasteiger partial charge >= 0.3 is 0 Å². The lowest BCUT2D eigenvalue weighted by atomic mass is 9.49. The monoisotopic (exact) mass is 271 g/mol. The van der Waals surface area contributed by atoms with Gasteiger partial charge in [-0.1, -0.05) is 0 Å². The molecule has 0 aliphatic heterocycles. The van der Waals surface area contributed by atoms with E-state index in [-0.39, 0.29) is 12.0 Å². The third-order valence-electron chi connectivity index (χ3n) is 5.79. The van der Waals surface area contributed by atoms with Crippen molar-refractivity contribution < 1.29 is 5.11 Å². The fourth-order valence-corrected chi connectivity index (χ4v) is 5.59. The molecule has 0 atom stereocenters. The highest BCUT2D eigenvalue weighted by molar-refractivity contribution is 5.30. The molecule has 1 heterocycles. The Morgan fingerprint density at radius 2 is 1.85 bits per heavy atom. The second kappa shape index (κ2) is 4.33. The van der Waals surface area contributed by atoms with E-state index in [9.17, 15) is 5.11 Å². The van der Waals surface area contributed by atoms with Crippen LogP contribution in [0.25, 0.3) is 0 Å². The van der Waals surface area contributed by atoms with Crippen LogP contribution in [0, 0.1) is 29.1 Å². The zero-order chi connectivity index (χ0) is 13.7. The van der Waals surface area contributed by atoms with Crippen molar-refractivity contribution in [1.29, 1.82) is 5.26 Å². The summed E-state index contributed by atoms with van der Waals surface area (Å²) in [6.07, 6.45) is 8.04. The molecule has 0 radical (unpaired) electrons. The first-order valence-electron chi connectivity index (χ1n) is 7.82. The quantitative estimate of drug-likeness (QED) is 0.917. The Morgan fingerprint density at radius 1 is 1.25 bits per heavy atom. The topological polar surface area (TPSA) is 61.8 Å². The number of aromatic nitrogens is 2. The van der Waals surface area contributed by atoms with Gasteiger partial charge in [-0.05, 0) is 62.3 Å². The minimum absolute atomic E-state index is 0.0892. The first-order chi connectivity index (χ1) is 9.72. The summed E-state index contributed by atoms with van der Waals surface area (Å²) >= 11 is 0. The average Bonchev–Trinajstić information content (AvgIpc) is 2.81. The third kappa shape index (κ3) is 1.73. The van der Waals surface area contributed by atoms with Gasteiger partial charge in [-0.2, -0.15) is 10.4 Å². The van der Waals surface area contributed by atoms with E-state index in [1.54, 1.807) is 0 Å². The van der Waals surface area contributed by atoms with Gasteiger partial charge in [-0.3, -0.25) is 4.68 Å². The van der Waals surface area contributed by atoms with Gasteiger partial charge < -0.3 is 5.11 Å². The van der Waals surface area contributed by atoms with E-state index < -0.39 is 0 Å². The van der Waals surface area contributed by atoms with Crippen molar-refractivity contribution in [2.24, 2.45) is 17.8 Å². The van der Waals surface area contributed by atoms with Gasteiger partial charge in [0.25, 0.3) is 0 Å². The highest BCUT2D eigenvalue weighted by Gasteiger charge is 2.52. The number of aliphatic hydroxyl groups is 1. The predicted octanol–water partition coefficient (Wildman–Crippen LogP) is 2.21.